The van der Waals surface area contributed by atoms with Gasteiger partial charge in [0.2, 0.25) is 0 Å². The van der Waals surface area contributed by atoms with Gasteiger partial charge in [0, 0.05) is 4.88 Å². The first-order valence-electron chi connectivity index (χ1n) is 6.30. The van der Waals surface area contributed by atoms with E-state index in [4.69, 9.17) is 4.74 Å². The molecule has 0 aliphatic heterocycles. The minimum atomic E-state index is -0.848. The van der Waals surface area contributed by atoms with Crippen LogP contribution in [0.4, 0.5) is 0 Å². The van der Waals surface area contributed by atoms with Crippen LogP contribution in [0.25, 0.3) is 0 Å². The Morgan fingerprint density at radius 2 is 2.00 bits per heavy atom. The Balaban J connectivity index is 2.86. The predicted octanol–water partition coefficient (Wildman–Crippen LogP) is 3.67. The van der Waals surface area contributed by atoms with Crippen LogP contribution in [0.1, 0.15) is 61.0 Å². The van der Waals surface area contributed by atoms with Gasteiger partial charge in [-0.05, 0) is 39.3 Å². The van der Waals surface area contributed by atoms with Crippen LogP contribution in [0.2, 0.25) is 0 Å². The van der Waals surface area contributed by atoms with Crippen molar-refractivity contribution in [1.29, 1.82) is 0 Å². The summed E-state index contributed by atoms with van der Waals surface area (Å²) in [6.45, 7) is 7.35. The van der Waals surface area contributed by atoms with Gasteiger partial charge in [-0.15, -0.1) is 11.3 Å². The van der Waals surface area contributed by atoms with Crippen molar-refractivity contribution >= 4 is 23.3 Å². The molecule has 1 atom stereocenters. The number of ether oxygens (including phenoxy) is 1. The summed E-state index contributed by atoms with van der Waals surface area (Å²) >= 11 is 1.20. The van der Waals surface area contributed by atoms with E-state index in [1.54, 1.807) is 32.9 Å². The molecule has 1 aromatic rings. The Labute approximate surface area is 117 Å². The fourth-order valence-corrected chi connectivity index (χ4v) is 2.67. The Hall–Kier alpha value is -1.36. The SMILES string of the molecule is CCCC(C(=O)O)c1ccc(C(=O)OC(C)(C)C)s1. The summed E-state index contributed by atoms with van der Waals surface area (Å²) in [5.41, 5.74) is -0.545. The zero-order valence-corrected chi connectivity index (χ0v) is 12.5. The first kappa shape index (κ1) is 15.7. The molecule has 1 rings (SSSR count). The van der Waals surface area contributed by atoms with E-state index in [1.807, 2.05) is 6.92 Å². The largest absolute Gasteiger partial charge is 0.481 e. The number of hydrogen-bond acceptors (Lipinski definition) is 4. The fraction of sp³-hybridized carbons (Fsp3) is 0.571. The fourth-order valence-electron chi connectivity index (χ4n) is 1.65. The van der Waals surface area contributed by atoms with Crippen LogP contribution in [0, 0.1) is 0 Å². The normalized spacial score (nSPS) is 13.1. The molecule has 19 heavy (non-hydrogen) atoms. The van der Waals surface area contributed by atoms with E-state index in [0.717, 1.165) is 6.42 Å². The van der Waals surface area contributed by atoms with Crippen LogP contribution in [0.15, 0.2) is 12.1 Å². The summed E-state index contributed by atoms with van der Waals surface area (Å²) in [4.78, 5) is 24.2. The Morgan fingerprint density at radius 3 is 2.47 bits per heavy atom. The number of carbonyl (C=O) groups excluding carboxylic acids is 1. The molecule has 0 bridgehead atoms. The Kier molecular flexibility index (Phi) is 5.11. The summed E-state index contributed by atoms with van der Waals surface area (Å²) < 4.78 is 5.26. The molecule has 1 N–H and O–H groups in total. The summed E-state index contributed by atoms with van der Waals surface area (Å²) in [6.07, 6.45) is 1.36. The number of carboxylic acid groups (broad SMARTS) is 1. The van der Waals surface area contributed by atoms with Gasteiger partial charge in [0.1, 0.15) is 10.5 Å². The van der Waals surface area contributed by atoms with Crippen LogP contribution in [0.3, 0.4) is 0 Å². The summed E-state index contributed by atoms with van der Waals surface area (Å²) in [5, 5.41) is 9.18. The second kappa shape index (κ2) is 6.19. The lowest BCUT2D eigenvalue weighted by Crippen LogP contribution is -2.23. The monoisotopic (exact) mass is 284 g/mol. The van der Waals surface area contributed by atoms with Gasteiger partial charge < -0.3 is 9.84 Å². The number of thiophene rings is 1. The minimum absolute atomic E-state index is 0.399. The van der Waals surface area contributed by atoms with Gasteiger partial charge in [0.25, 0.3) is 0 Å². The lowest BCUT2D eigenvalue weighted by molar-refractivity contribution is -0.138. The van der Waals surface area contributed by atoms with E-state index in [1.165, 1.54) is 11.3 Å². The summed E-state index contributed by atoms with van der Waals surface area (Å²) in [6, 6.07) is 3.35. The lowest BCUT2D eigenvalue weighted by Gasteiger charge is -2.18. The quantitative estimate of drug-likeness (QED) is 0.838. The van der Waals surface area contributed by atoms with Crippen LogP contribution in [0.5, 0.6) is 0 Å². The van der Waals surface area contributed by atoms with Gasteiger partial charge in [0.15, 0.2) is 0 Å². The highest BCUT2D eigenvalue weighted by Gasteiger charge is 2.24. The standard InChI is InChI=1S/C14H20O4S/c1-5-6-9(12(15)16)10-7-8-11(19-10)13(17)18-14(2,3)4/h7-9H,5-6H2,1-4H3,(H,15,16). The Morgan fingerprint density at radius 1 is 1.37 bits per heavy atom. The van der Waals surface area contributed by atoms with Crippen molar-refractivity contribution in [3.05, 3.63) is 21.9 Å². The minimum Gasteiger partial charge on any atom is -0.481 e. The van der Waals surface area contributed by atoms with Crippen molar-refractivity contribution in [2.45, 2.75) is 52.1 Å². The van der Waals surface area contributed by atoms with Gasteiger partial charge in [-0.2, -0.15) is 0 Å². The second-order valence-corrected chi connectivity index (χ2v) is 6.50. The molecular formula is C14H20O4S. The highest BCUT2D eigenvalue weighted by molar-refractivity contribution is 7.14. The molecule has 1 aromatic heterocycles. The van der Waals surface area contributed by atoms with Crippen molar-refractivity contribution in [2.24, 2.45) is 0 Å². The smallest absolute Gasteiger partial charge is 0.348 e. The molecule has 1 unspecified atom stereocenters. The summed E-state index contributed by atoms with van der Waals surface area (Å²) in [5.74, 6) is -1.78. The number of rotatable bonds is 5. The van der Waals surface area contributed by atoms with E-state index in [-0.39, 0.29) is 0 Å². The zero-order valence-electron chi connectivity index (χ0n) is 11.7. The molecule has 0 amide bonds. The molecule has 1 heterocycles. The summed E-state index contributed by atoms with van der Waals surface area (Å²) in [7, 11) is 0. The van der Waals surface area contributed by atoms with Crippen molar-refractivity contribution < 1.29 is 19.4 Å². The highest BCUT2D eigenvalue weighted by Crippen LogP contribution is 2.29. The van der Waals surface area contributed by atoms with Crippen molar-refractivity contribution in [3.8, 4) is 0 Å². The molecule has 4 nitrogen and oxygen atoms in total. The molecule has 0 aliphatic rings. The van der Waals surface area contributed by atoms with Crippen LogP contribution < -0.4 is 0 Å². The zero-order chi connectivity index (χ0) is 14.6. The third-order valence-corrected chi connectivity index (χ3v) is 3.62. The Bertz CT molecular complexity index is 456. The molecule has 0 aliphatic carbocycles. The average Bonchev–Trinajstić information content (AvgIpc) is 2.72. The molecule has 0 aromatic carbocycles. The average molecular weight is 284 g/mol. The number of esters is 1. The number of carboxylic acids is 1. The topological polar surface area (TPSA) is 63.6 Å². The lowest BCUT2D eigenvalue weighted by atomic mass is 10.0. The maximum Gasteiger partial charge on any atom is 0.348 e. The second-order valence-electron chi connectivity index (χ2n) is 5.38. The van der Waals surface area contributed by atoms with E-state index < -0.39 is 23.5 Å². The van der Waals surface area contributed by atoms with Crippen molar-refractivity contribution in [3.63, 3.8) is 0 Å². The first-order valence-corrected chi connectivity index (χ1v) is 7.12. The van der Waals surface area contributed by atoms with E-state index >= 15 is 0 Å². The van der Waals surface area contributed by atoms with Gasteiger partial charge in [-0.1, -0.05) is 13.3 Å². The highest BCUT2D eigenvalue weighted by atomic mass is 32.1. The van der Waals surface area contributed by atoms with Gasteiger partial charge >= 0.3 is 11.9 Å². The molecule has 0 spiro atoms. The maximum atomic E-state index is 11.9. The number of aliphatic carboxylic acids is 1. The van der Waals surface area contributed by atoms with Gasteiger partial charge in [0.05, 0.1) is 5.92 Å². The van der Waals surface area contributed by atoms with Gasteiger partial charge in [-0.3, -0.25) is 4.79 Å². The van der Waals surface area contributed by atoms with Crippen molar-refractivity contribution in [1.82, 2.24) is 0 Å². The van der Waals surface area contributed by atoms with Crippen LogP contribution in [-0.2, 0) is 9.53 Å². The molecule has 0 fully saturated rings. The van der Waals surface area contributed by atoms with Crippen molar-refractivity contribution in [2.75, 3.05) is 0 Å². The molecule has 0 saturated carbocycles. The van der Waals surface area contributed by atoms with Crippen LogP contribution >= 0.6 is 11.3 Å². The van der Waals surface area contributed by atoms with Crippen LogP contribution in [-0.4, -0.2) is 22.6 Å². The predicted molar refractivity (Wildman–Crippen MR) is 74.8 cm³/mol. The third-order valence-electron chi connectivity index (χ3n) is 2.45. The molecule has 5 heteroatoms. The maximum absolute atomic E-state index is 11.9. The van der Waals surface area contributed by atoms with E-state index in [2.05, 4.69) is 0 Å². The molecule has 106 valence electrons. The first-order chi connectivity index (χ1) is 8.74. The number of carbonyl (C=O) groups is 2. The van der Waals surface area contributed by atoms with Gasteiger partial charge in [-0.25, -0.2) is 4.79 Å². The number of hydrogen-bond donors (Lipinski definition) is 1. The molecular weight excluding hydrogens is 264 g/mol. The molecule has 0 saturated heterocycles. The van der Waals surface area contributed by atoms with E-state index in [9.17, 15) is 14.7 Å². The molecule has 0 radical (unpaired) electrons. The van der Waals surface area contributed by atoms with E-state index in [0.29, 0.717) is 16.2 Å². The third kappa shape index (κ3) is 4.67.